The Morgan fingerprint density at radius 1 is 1.25 bits per heavy atom. The Morgan fingerprint density at radius 2 is 2.00 bits per heavy atom. The number of amides is 2. The first kappa shape index (κ1) is 17.7. The highest BCUT2D eigenvalue weighted by Crippen LogP contribution is 2.53. The fourth-order valence-electron chi connectivity index (χ4n) is 4.45. The standard InChI is InChI=1S/C22H28N4O2/c1-2-16(21(28)26-9-7-22(5-6-22)8-10-26)25-20(27)18-12-15-11-17(14-3-4-14)23-13-19(15)24-18/h11-14,16,24H,2-10H2,1H3,(H,25,27)/t16-/m1/s1. The first-order valence-electron chi connectivity index (χ1n) is 10.7. The molecule has 0 aromatic carbocycles. The number of carbonyl (C=O) groups is 2. The summed E-state index contributed by atoms with van der Waals surface area (Å²) in [5, 5.41) is 3.95. The molecule has 1 saturated heterocycles. The van der Waals surface area contributed by atoms with E-state index in [1.54, 1.807) is 0 Å². The Kier molecular flexibility index (Phi) is 4.18. The van der Waals surface area contributed by atoms with E-state index in [2.05, 4.69) is 21.4 Å². The van der Waals surface area contributed by atoms with Gasteiger partial charge in [-0.25, -0.2) is 0 Å². The molecule has 0 radical (unpaired) electrons. The monoisotopic (exact) mass is 380 g/mol. The molecule has 148 valence electrons. The maximum Gasteiger partial charge on any atom is 0.268 e. The number of piperidine rings is 1. The lowest BCUT2D eigenvalue weighted by molar-refractivity contribution is -0.134. The zero-order chi connectivity index (χ0) is 19.3. The molecule has 2 saturated carbocycles. The van der Waals surface area contributed by atoms with Crippen molar-refractivity contribution in [3.63, 3.8) is 0 Å². The quantitative estimate of drug-likeness (QED) is 0.835. The summed E-state index contributed by atoms with van der Waals surface area (Å²) < 4.78 is 0. The second kappa shape index (κ2) is 6.61. The van der Waals surface area contributed by atoms with Gasteiger partial charge < -0.3 is 15.2 Å². The average molecular weight is 380 g/mol. The van der Waals surface area contributed by atoms with Gasteiger partial charge >= 0.3 is 0 Å². The Balaban J connectivity index is 1.26. The number of likely N-dealkylation sites (tertiary alicyclic amines) is 1. The third kappa shape index (κ3) is 3.29. The van der Waals surface area contributed by atoms with Crippen molar-refractivity contribution < 1.29 is 9.59 Å². The van der Waals surface area contributed by atoms with Crippen molar-refractivity contribution in [2.75, 3.05) is 13.1 Å². The lowest BCUT2D eigenvalue weighted by Crippen LogP contribution is -2.50. The number of hydrogen-bond donors (Lipinski definition) is 2. The highest BCUT2D eigenvalue weighted by Gasteiger charge is 2.45. The fraction of sp³-hybridized carbons (Fsp3) is 0.591. The molecule has 3 fully saturated rings. The molecule has 28 heavy (non-hydrogen) atoms. The molecule has 3 aliphatic rings. The summed E-state index contributed by atoms with van der Waals surface area (Å²) in [4.78, 5) is 35.3. The zero-order valence-corrected chi connectivity index (χ0v) is 16.5. The van der Waals surface area contributed by atoms with E-state index in [1.165, 1.54) is 25.7 Å². The number of hydrogen-bond acceptors (Lipinski definition) is 3. The maximum absolute atomic E-state index is 12.9. The number of H-pyrrole nitrogens is 1. The lowest BCUT2D eigenvalue weighted by atomic mass is 9.93. The van der Waals surface area contributed by atoms with E-state index >= 15 is 0 Å². The minimum Gasteiger partial charge on any atom is -0.349 e. The van der Waals surface area contributed by atoms with Crippen LogP contribution in [0.1, 0.15) is 74.0 Å². The maximum atomic E-state index is 12.9. The molecule has 2 N–H and O–H groups in total. The van der Waals surface area contributed by atoms with Crippen LogP contribution in [0.4, 0.5) is 0 Å². The van der Waals surface area contributed by atoms with Crippen LogP contribution in [-0.4, -0.2) is 45.8 Å². The number of aromatic nitrogens is 2. The molecule has 1 aliphatic heterocycles. The molecule has 0 unspecified atom stereocenters. The van der Waals surface area contributed by atoms with E-state index in [1.807, 2.05) is 24.1 Å². The smallest absolute Gasteiger partial charge is 0.268 e. The number of aromatic amines is 1. The summed E-state index contributed by atoms with van der Waals surface area (Å²) in [5.74, 6) is 0.415. The van der Waals surface area contributed by atoms with Gasteiger partial charge in [-0.3, -0.25) is 14.6 Å². The molecular formula is C22H28N4O2. The highest BCUT2D eigenvalue weighted by atomic mass is 16.2. The molecular weight excluding hydrogens is 352 g/mol. The van der Waals surface area contributed by atoms with Crippen molar-refractivity contribution in [3.8, 4) is 0 Å². The number of nitrogens with zero attached hydrogens (tertiary/aromatic N) is 2. The molecule has 6 heteroatoms. The fourth-order valence-corrected chi connectivity index (χ4v) is 4.45. The first-order chi connectivity index (χ1) is 13.6. The van der Waals surface area contributed by atoms with Crippen LogP contribution in [0.5, 0.6) is 0 Å². The van der Waals surface area contributed by atoms with Crippen LogP contribution in [0.2, 0.25) is 0 Å². The van der Waals surface area contributed by atoms with E-state index in [9.17, 15) is 9.59 Å². The number of pyridine rings is 1. The van der Waals surface area contributed by atoms with Crippen LogP contribution in [0, 0.1) is 5.41 Å². The molecule has 1 atom stereocenters. The van der Waals surface area contributed by atoms with Crippen molar-refractivity contribution in [1.82, 2.24) is 20.2 Å². The van der Waals surface area contributed by atoms with Gasteiger partial charge in [0.25, 0.3) is 5.91 Å². The Morgan fingerprint density at radius 3 is 2.64 bits per heavy atom. The zero-order valence-electron chi connectivity index (χ0n) is 16.5. The summed E-state index contributed by atoms with van der Waals surface area (Å²) in [6, 6.07) is 3.48. The van der Waals surface area contributed by atoms with Crippen LogP contribution >= 0.6 is 0 Å². The highest BCUT2D eigenvalue weighted by molar-refractivity contribution is 6.00. The summed E-state index contributed by atoms with van der Waals surface area (Å²) in [7, 11) is 0. The molecule has 3 heterocycles. The summed E-state index contributed by atoms with van der Waals surface area (Å²) in [5.41, 5.74) is 3.00. The Bertz CT molecular complexity index is 916. The van der Waals surface area contributed by atoms with Gasteiger partial charge in [0, 0.05) is 30.1 Å². The molecule has 2 aliphatic carbocycles. The largest absolute Gasteiger partial charge is 0.349 e. The van der Waals surface area contributed by atoms with E-state index in [4.69, 9.17) is 0 Å². The SMILES string of the molecule is CC[C@@H](NC(=O)c1cc2cc(C3CC3)ncc2[nH]1)C(=O)N1CCC2(CC1)CC2. The number of nitrogens with one attached hydrogen (secondary N) is 2. The van der Waals surface area contributed by atoms with Gasteiger partial charge in [0.2, 0.25) is 5.91 Å². The number of carbonyl (C=O) groups excluding carboxylic acids is 2. The van der Waals surface area contributed by atoms with Crippen molar-refractivity contribution in [3.05, 3.63) is 29.7 Å². The van der Waals surface area contributed by atoms with E-state index in [0.29, 0.717) is 23.4 Å². The molecule has 2 aromatic heterocycles. The van der Waals surface area contributed by atoms with Crippen LogP contribution in [0.3, 0.4) is 0 Å². The van der Waals surface area contributed by atoms with Crippen LogP contribution in [-0.2, 0) is 4.79 Å². The molecule has 6 nitrogen and oxygen atoms in total. The van der Waals surface area contributed by atoms with Crippen molar-refractivity contribution in [1.29, 1.82) is 0 Å². The lowest BCUT2D eigenvalue weighted by Gasteiger charge is -2.34. The molecule has 5 rings (SSSR count). The van der Waals surface area contributed by atoms with Gasteiger partial charge in [0.15, 0.2) is 0 Å². The Labute approximate surface area is 165 Å². The van der Waals surface area contributed by atoms with Gasteiger partial charge in [0.05, 0.1) is 11.7 Å². The molecule has 2 amide bonds. The minimum atomic E-state index is -0.465. The second-order valence-corrected chi connectivity index (χ2v) is 8.91. The summed E-state index contributed by atoms with van der Waals surface area (Å²) >= 11 is 0. The van der Waals surface area contributed by atoms with Crippen molar-refractivity contribution in [2.24, 2.45) is 5.41 Å². The van der Waals surface area contributed by atoms with E-state index < -0.39 is 6.04 Å². The van der Waals surface area contributed by atoms with Crippen LogP contribution in [0.15, 0.2) is 18.3 Å². The Hall–Kier alpha value is -2.37. The van der Waals surface area contributed by atoms with Crippen molar-refractivity contribution >= 4 is 22.7 Å². The predicted molar refractivity (Wildman–Crippen MR) is 107 cm³/mol. The van der Waals surface area contributed by atoms with Crippen LogP contribution < -0.4 is 5.32 Å². The number of rotatable bonds is 5. The topological polar surface area (TPSA) is 78.1 Å². The van der Waals surface area contributed by atoms with Gasteiger partial charge in [0.1, 0.15) is 11.7 Å². The van der Waals surface area contributed by atoms with Gasteiger partial charge in [-0.1, -0.05) is 6.92 Å². The van der Waals surface area contributed by atoms with Gasteiger partial charge in [-0.05, 0) is 62.5 Å². The van der Waals surface area contributed by atoms with Gasteiger partial charge in [-0.2, -0.15) is 0 Å². The average Bonchev–Trinajstić information content (AvgIpc) is 3.64. The third-order valence-electron chi connectivity index (χ3n) is 6.87. The van der Waals surface area contributed by atoms with Crippen LogP contribution in [0.25, 0.3) is 10.9 Å². The van der Waals surface area contributed by atoms with E-state index in [-0.39, 0.29) is 11.8 Å². The third-order valence-corrected chi connectivity index (χ3v) is 6.87. The predicted octanol–water partition coefficient (Wildman–Crippen LogP) is 3.35. The summed E-state index contributed by atoms with van der Waals surface area (Å²) in [6.07, 6.45) is 9.68. The number of fused-ring (bicyclic) bond motifs is 1. The summed E-state index contributed by atoms with van der Waals surface area (Å²) in [6.45, 7) is 3.60. The van der Waals surface area contributed by atoms with Crippen molar-refractivity contribution in [2.45, 2.75) is 63.8 Å². The molecule has 0 bridgehead atoms. The minimum absolute atomic E-state index is 0.0557. The molecule has 1 spiro atoms. The van der Waals surface area contributed by atoms with E-state index in [0.717, 1.165) is 42.5 Å². The first-order valence-corrected chi connectivity index (χ1v) is 10.7. The molecule has 2 aromatic rings. The normalized spacial score (nSPS) is 21.7. The second-order valence-electron chi connectivity index (χ2n) is 8.91. The van der Waals surface area contributed by atoms with Gasteiger partial charge in [-0.15, -0.1) is 0 Å².